The minimum Gasteiger partial charge on any atom is -0.459 e. The molecule has 0 atom stereocenters. The molecule has 0 radical (unpaired) electrons. The Kier molecular flexibility index (Phi) is 7.72. The highest BCUT2D eigenvalue weighted by atomic mass is 127. The molecule has 0 spiro atoms. The molecular formula is C19H28IN3O3. The normalized spacial score (nSPS) is 17.0. The topological polar surface area (TPSA) is 68.0 Å². The molecule has 1 saturated heterocycles. The molecule has 2 heterocycles. The van der Waals surface area contributed by atoms with Crippen LogP contribution in [0.3, 0.4) is 0 Å². The Morgan fingerprint density at radius 1 is 1.23 bits per heavy atom. The maximum atomic E-state index is 5.94. The Morgan fingerprint density at radius 2 is 1.96 bits per heavy atom. The summed E-state index contributed by atoms with van der Waals surface area (Å²) in [6.07, 6.45) is 1.77. The number of nitrogens with one attached hydrogen (secondary N) is 2. The second-order valence-electron chi connectivity index (χ2n) is 6.43. The van der Waals surface area contributed by atoms with Gasteiger partial charge in [-0.15, -0.1) is 24.0 Å². The number of halogens is 1. The van der Waals surface area contributed by atoms with E-state index in [0.717, 1.165) is 54.3 Å². The Balaban J connectivity index is 0.00000243. The first kappa shape index (κ1) is 21.0. The Labute approximate surface area is 171 Å². The first-order valence-electron chi connectivity index (χ1n) is 8.72. The maximum Gasteiger partial charge on any atom is 0.191 e. The number of methoxy groups -OCH3 is 1. The minimum absolute atomic E-state index is 0. The summed E-state index contributed by atoms with van der Waals surface area (Å²) in [4.78, 5) is 4.30. The van der Waals surface area contributed by atoms with Gasteiger partial charge in [-0.05, 0) is 13.0 Å². The first-order valence-corrected chi connectivity index (χ1v) is 8.72. The van der Waals surface area contributed by atoms with Gasteiger partial charge in [0, 0.05) is 57.7 Å². The van der Waals surface area contributed by atoms with E-state index in [1.54, 1.807) is 14.2 Å². The molecule has 0 saturated carbocycles. The number of benzene rings is 1. The molecule has 2 aromatic rings. The van der Waals surface area contributed by atoms with Crippen LogP contribution in [0.25, 0.3) is 11.0 Å². The Bertz CT molecular complexity index is 739. The molecule has 2 N–H and O–H groups in total. The summed E-state index contributed by atoms with van der Waals surface area (Å²) in [5.41, 5.74) is 1.89. The highest BCUT2D eigenvalue weighted by molar-refractivity contribution is 14.0. The van der Waals surface area contributed by atoms with Crippen molar-refractivity contribution in [3.63, 3.8) is 0 Å². The lowest BCUT2D eigenvalue weighted by molar-refractivity contribution is -0.0855. The van der Waals surface area contributed by atoms with Crippen molar-refractivity contribution in [2.45, 2.75) is 31.9 Å². The van der Waals surface area contributed by atoms with Gasteiger partial charge in [-0.2, -0.15) is 0 Å². The first-order chi connectivity index (χ1) is 12.2. The molecule has 3 rings (SSSR count). The number of para-hydroxylation sites is 1. The summed E-state index contributed by atoms with van der Waals surface area (Å²) in [7, 11) is 3.53. The molecule has 0 amide bonds. The second kappa shape index (κ2) is 9.57. The van der Waals surface area contributed by atoms with Crippen LogP contribution in [-0.4, -0.2) is 45.5 Å². The third-order valence-electron chi connectivity index (χ3n) is 5.00. The number of furan rings is 1. The maximum absolute atomic E-state index is 5.94. The molecule has 1 aromatic heterocycles. The van der Waals surface area contributed by atoms with Crippen LogP contribution < -0.4 is 10.6 Å². The van der Waals surface area contributed by atoms with E-state index in [1.165, 1.54) is 0 Å². The van der Waals surface area contributed by atoms with Gasteiger partial charge >= 0.3 is 0 Å². The summed E-state index contributed by atoms with van der Waals surface area (Å²) < 4.78 is 17.1. The third-order valence-corrected chi connectivity index (χ3v) is 5.00. The van der Waals surface area contributed by atoms with E-state index in [-0.39, 0.29) is 29.6 Å². The zero-order valence-corrected chi connectivity index (χ0v) is 18.0. The van der Waals surface area contributed by atoms with Crippen molar-refractivity contribution < 1.29 is 13.9 Å². The number of hydrogen-bond acceptors (Lipinski definition) is 4. The van der Waals surface area contributed by atoms with Gasteiger partial charge in [0.1, 0.15) is 11.3 Å². The molecule has 0 unspecified atom stereocenters. The number of guanidine groups is 1. The number of rotatable bonds is 5. The zero-order chi connectivity index (χ0) is 17.7. The average molecular weight is 473 g/mol. The van der Waals surface area contributed by atoms with E-state index in [2.05, 4.69) is 28.6 Å². The van der Waals surface area contributed by atoms with E-state index < -0.39 is 0 Å². The van der Waals surface area contributed by atoms with Crippen LogP contribution in [0, 0.1) is 6.92 Å². The lowest BCUT2D eigenvalue weighted by Gasteiger charge is -2.36. The van der Waals surface area contributed by atoms with Crippen LogP contribution >= 0.6 is 24.0 Å². The quantitative estimate of drug-likeness (QED) is 0.397. The summed E-state index contributed by atoms with van der Waals surface area (Å²) >= 11 is 0. The standard InChI is InChI=1S/C19H27N3O3.HI/c1-14-15-6-4-5-7-16(15)25-17(14)12-21-18(20-2)22-13-19(23-3)8-10-24-11-9-19;/h4-7H,8-13H2,1-3H3,(H2,20,21,22);1H. The number of ether oxygens (including phenoxy) is 2. The molecule has 1 fully saturated rings. The van der Waals surface area contributed by atoms with Crippen LogP contribution in [0.4, 0.5) is 0 Å². The highest BCUT2D eigenvalue weighted by Crippen LogP contribution is 2.25. The summed E-state index contributed by atoms with van der Waals surface area (Å²) in [5, 5.41) is 7.85. The van der Waals surface area contributed by atoms with Crippen molar-refractivity contribution in [3.8, 4) is 0 Å². The van der Waals surface area contributed by atoms with Gasteiger partial charge in [-0.3, -0.25) is 4.99 Å². The second-order valence-corrected chi connectivity index (χ2v) is 6.43. The molecule has 6 nitrogen and oxygen atoms in total. The number of fused-ring (bicyclic) bond motifs is 1. The van der Waals surface area contributed by atoms with Gasteiger partial charge in [0.25, 0.3) is 0 Å². The number of aliphatic imine (C=N–C) groups is 1. The van der Waals surface area contributed by atoms with Crippen molar-refractivity contribution in [2.75, 3.05) is 33.9 Å². The third kappa shape index (κ3) is 4.69. The fourth-order valence-electron chi connectivity index (χ4n) is 3.22. The Hall–Kier alpha value is -1.32. The van der Waals surface area contributed by atoms with E-state index in [0.29, 0.717) is 13.1 Å². The van der Waals surface area contributed by atoms with Gasteiger partial charge in [-0.1, -0.05) is 18.2 Å². The smallest absolute Gasteiger partial charge is 0.191 e. The SMILES string of the molecule is CN=C(NCc1oc2ccccc2c1C)NCC1(OC)CCOCC1.I. The van der Waals surface area contributed by atoms with Crippen LogP contribution in [0.5, 0.6) is 0 Å². The zero-order valence-electron chi connectivity index (χ0n) is 15.6. The molecule has 7 heteroatoms. The van der Waals surface area contributed by atoms with Gasteiger partial charge in [-0.25, -0.2) is 0 Å². The fraction of sp³-hybridized carbons (Fsp3) is 0.526. The van der Waals surface area contributed by atoms with E-state index in [4.69, 9.17) is 13.9 Å². The van der Waals surface area contributed by atoms with Crippen LogP contribution in [-0.2, 0) is 16.0 Å². The van der Waals surface area contributed by atoms with Gasteiger partial charge < -0.3 is 24.5 Å². The van der Waals surface area contributed by atoms with Crippen molar-refractivity contribution in [1.29, 1.82) is 0 Å². The van der Waals surface area contributed by atoms with Gasteiger partial charge in [0.05, 0.1) is 12.1 Å². The Morgan fingerprint density at radius 3 is 2.62 bits per heavy atom. The molecule has 0 aliphatic carbocycles. The molecule has 1 aliphatic rings. The number of hydrogen-bond donors (Lipinski definition) is 2. The summed E-state index contributed by atoms with van der Waals surface area (Å²) in [6.45, 7) is 4.84. The van der Waals surface area contributed by atoms with E-state index >= 15 is 0 Å². The molecule has 1 aliphatic heterocycles. The summed E-state index contributed by atoms with van der Waals surface area (Å²) in [5.74, 6) is 1.67. The lowest BCUT2D eigenvalue weighted by Crippen LogP contribution is -2.50. The lowest BCUT2D eigenvalue weighted by atomic mass is 9.94. The van der Waals surface area contributed by atoms with Crippen molar-refractivity contribution in [1.82, 2.24) is 10.6 Å². The van der Waals surface area contributed by atoms with Crippen LogP contribution in [0.1, 0.15) is 24.2 Å². The average Bonchev–Trinajstić information content (AvgIpc) is 2.99. The van der Waals surface area contributed by atoms with E-state index in [1.807, 2.05) is 18.2 Å². The fourth-order valence-corrected chi connectivity index (χ4v) is 3.22. The van der Waals surface area contributed by atoms with Crippen molar-refractivity contribution >= 4 is 40.9 Å². The number of nitrogens with zero attached hydrogens (tertiary/aromatic N) is 1. The van der Waals surface area contributed by atoms with Crippen molar-refractivity contribution in [2.24, 2.45) is 4.99 Å². The molecule has 1 aromatic carbocycles. The van der Waals surface area contributed by atoms with Crippen molar-refractivity contribution in [3.05, 3.63) is 35.6 Å². The largest absolute Gasteiger partial charge is 0.459 e. The monoisotopic (exact) mass is 473 g/mol. The summed E-state index contributed by atoms with van der Waals surface area (Å²) in [6, 6.07) is 8.09. The molecular weight excluding hydrogens is 445 g/mol. The van der Waals surface area contributed by atoms with Gasteiger partial charge in [0.15, 0.2) is 5.96 Å². The van der Waals surface area contributed by atoms with E-state index in [9.17, 15) is 0 Å². The van der Waals surface area contributed by atoms with Gasteiger partial charge in [0.2, 0.25) is 0 Å². The molecule has 0 bridgehead atoms. The highest BCUT2D eigenvalue weighted by Gasteiger charge is 2.32. The predicted octanol–water partition coefficient (Wildman–Crippen LogP) is 3.22. The predicted molar refractivity (Wildman–Crippen MR) is 114 cm³/mol. The van der Waals surface area contributed by atoms with Crippen LogP contribution in [0.2, 0.25) is 0 Å². The molecule has 144 valence electrons. The number of aryl methyl sites for hydroxylation is 1. The molecule has 26 heavy (non-hydrogen) atoms. The minimum atomic E-state index is -0.189. The van der Waals surface area contributed by atoms with Crippen LogP contribution in [0.15, 0.2) is 33.7 Å².